The Balaban J connectivity index is 0.00000588. The predicted octanol–water partition coefficient (Wildman–Crippen LogP) is 6.13. The zero-order valence-corrected chi connectivity index (χ0v) is 27.5. The Kier molecular flexibility index (Phi) is 17.2. The van der Waals surface area contributed by atoms with Crippen LogP contribution in [0.2, 0.25) is 0 Å². The van der Waals surface area contributed by atoms with Crippen LogP contribution in [-0.2, 0) is 6.54 Å². The first kappa shape index (κ1) is 34.6. The molecule has 1 aromatic heterocycles. The van der Waals surface area contributed by atoms with Gasteiger partial charge in [-0.05, 0) is 30.7 Å². The molecule has 2 N–H and O–H groups in total. The topological polar surface area (TPSA) is 63.5 Å². The Labute approximate surface area is 261 Å². The zero-order valence-electron chi connectivity index (χ0n) is 25.1. The number of ether oxygens (including phenoxy) is 2. The molecule has 0 saturated heterocycles. The van der Waals surface area contributed by atoms with E-state index in [1.54, 1.807) is 18.4 Å². The van der Waals surface area contributed by atoms with Crippen LogP contribution in [0.5, 0.6) is 11.5 Å². The number of halogens is 1. The fourth-order valence-corrected chi connectivity index (χ4v) is 5.57. The van der Waals surface area contributed by atoms with Gasteiger partial charge in [0.15, 0.2) is 23.7 Å². The summed E-state index contributed by atoms with van der Waals surface area (Å²) in [5, 5.41) is 8.03. The van der Waals surface area contributed by atoms with E-state index in [4.69, 9.17) is 9.47 Å². The number of rotatable bonds is 19. The molecule has 0 aliphatic rings. The molecule has 2 aromatic carbocycles. The standard InChI is InChI=1S/C33H47N3O3S.BrH/c1-4-5-6-7-8-9-10-11-12-13-14-15-22-39-32-30(20-17-21-31(32)38-3)35-33(37)34-29-19-16-18-28(23-29)24-36-26-40-25-27(36)2;/h16-21,23,25-26H,4-15,22,24H2,1-3H3,(H-,34,35,37);1H. The maximum absolute atomic E-state index is 12.9. The van der Waals surface area contributed by atoms with Crippen LogP contribution < -0.4 is 41.7 Å². The highest BCUT2D eigenvalue weighted by Crippen LogP contribution is 2.35. The first-order chi connectivity index (χ1) is 19.6. The van der Waals surface area contributed by atoms with E-state index in [0.29, 0.717) is 23.8 Å². The molecule has 0 spiro atoms. The third-order valence-electron chi connectivity index (χ3n) is 7.11. The third kappa shape index (κ3) is 12.9. The Morgan fingerprint density at radius 1 is 0.878 bits per heavy atom. The van der Waals surface area contributed by atoms with Crippen LogP contribution in [0.1, 0.15) is 95.2 Å². The summed E-state index contributed by atoms with van der Waals surface area (Å²) >= 11 is 1.68. The van der Waals surface area contributed by atoms with Crippen molar-refractivity contribution in [2.75, 3.05) is 24.4 Å². The van der Waals surface area contributed by atoms with Crippen LogP contribution in [0.25, 0.3) is 0 Å². The van der Waals surface area contributed by atoms with Crippen molar-refractivity contribution < 1.29 is 35.8 Å². The van der Waals surface area contributed by atoms with Crippen LogP contribution in [0.15, 0.2) is 53.4 Å². The van der Waals surface area contributed by atoms with Gasteiger partial charge in [0.1, 0.15) is 0 Å². The fourth-order valence-electron chi connectivity index (χ4n) is 4.79. The second kappa shape index (κ2) is 20.3. The molecule has 2 amide bonds. The first-order valence-electron chi connectivity index (χ1n) is 15.0. The van der Waals surface area contributed by atoms with Gasteiger partial charge in [-0.3, -0.25) is 0 Å². The van der Waals surface area contributed by atoms with Gasteiger partial charge in [-0.1, -0.05) is 107 Å². The average Bonchev–Trinajstić information content (AvgIpc) is 3.35. The van der Waals surface area contributed by atoms with Gasteiger partial charge in [0.05, 0.1) is 24.8 Å². The molecule has 226 valence electrons. The molecule has 1 heterocycles. The molecule has 0 unspecified atom stereocenters. The highest BCUT2D eigenvalue weighted by atomic mass is 79.9. The maximum Gasteiger partial charge on any atom is 0.323 e. The SMILES string of the molecule is CCCCCCCCCCCCCCOc1c(NC(=O)Nc2cccc(C[n+]3cscc3C)c2)cccc1OC.[Br-]. The second-order valence-electron chi connectivity index (χ2n) is 10.5. The summed E-state index contributed by atoms with van der Waals surface area (Å²) in [6, 6.07) is 13.1. The molecule has 0 saturated carbocycles. The molecule has 0 atom stereocenters. The molecule has 41 heavy (non-hydrogen) atoms. The number of thiazole rings is 1. The summed E-state index contributed by atoms with van der Waals surface area (Å²) < 4.78 is 13.8. The highest BCUT2D eigenvalue weighted by Gasteiger charge is 2.14. The molecule has 6 nitrogen and oxygen atoms in total. The minimum atomic E-state index is -0.319. The van der Waals surface area contributed by atoms with E-state index in [1.807, 2.05) is 36.4 Å². The van der Waals surface area contributed by atoms with Crippen LogP contribution >= 0.6 is 11.3 Å². The molecule has 0 radical (unpaired) electrons. The molecular formula is C33H48BrN3O3S. The van der Waals surface area contributed by atoms with Gasteiger partial charge in [-0.15, -0.1) is 0 Å². The molecule has 0 aliphatic carbocycles. The molecular weight excluding hydrogens is 598 g/mol. The van der Waals surface area contributed by atoms with E-state index in [9.17, 15) is 4.79 Å². The van der Waals surface area contributed by atoms with Crippen molar-refractivity contribution in [2.24, 2.45) is 0 Å². The lowest BCUT2D eigenvalue weighted by Crippen LogP contribution is -3.00. The second-order valence-corrected chi connectivity index (χ2v) is 11.2. The number of para-hydroxylation sites is 1. The van der Waals surface area contributed by atoms with Crippen molar-refractivity contribution in [2.45, 2.75) is 97.4 Å². The summed E-state index contributed by atoms with van der Waals surface area (Å²) in [4.78, 5) is 12.9. The van der Waals surface area contributed by atoms with Crippen LogP contribution in [0.3, 0.4) is 0 Å². The first-order valence-corrected chi connectivity index (χ1v) is 15.9. The molecule has 0 bridgehead atoms. The van der Waals surface area contributed by atoms with Crippen molar-refractivity contribution in [1.82, 2.24) is 0 Å². The van der Waals surface area contributed by atoms with E-state index >= 15 is 0 Å². The number of nitrogens with one attached hydrogen (secondary N) is 2. The number of aryl methyl sites for hydroxylation is 1. The van der Waals surface area contributed by atoms with E-state index in [1.165, 1.54) is 69.9 Å². The number of hydrogen-bond donors (Lipinski definition) is 2. The number of anilines is 2. The summed E-state index contributed by atoms with van der Waals surface area (Å²) in [7, 11) is 1.62. The number of hydrogen-bond acceptors (Lipinski definition) is 4. The molecule has 3 aromatic rings. The number of urea groups is 1. The van der Waals surface area contributed by atoms with Crippen molar-refractivity contribution in [3.05, 3.63) is 64.6 Å². The summed E-state index contributed by atoms with van der Waals surface area (Å²) in [5.74, 6) is 1.18. The van der Waals surface area contributed by atoms with E-state index in [2.05, 4.69) is 46.0 Å². The lowest BCUT2D eigenvalue weighted by atomic mass is 10.1. The van der Waals surface area contributed by atoms with Gasteiger partial charge in [0.2, 0.25) is 5.51 Å². The number of nitrogens with zero attached hydrogens (tertiary/aromatic N) is 1. The van der Waals surface area contributed by atoms with Crippen LogP contribution in [-0.4, -0.2) is 19.7 Å². The van der Waals surface area contributed by atoms with E-state index in [-0.39, 0.29) is 23.0 Å². The monoisotopic (exact) mass is 645 g/mol. The minimum Gasteiger partial charge on any atom is -1.00 e. The van der Waals surface area contributed by atoms with Gasteiger partial charge < -0.3 is 37.1 Å². The minimum absolute atomic E-state index is 0. The zero-order chi connectivity index (χ0) is 28.4. The summed E-state index contributed by atoms with van der Waals surface area (Å²) in [6.07, 6.45) is 15.6. The number of unbranched alkanes of at least 4 members (excludes halogenated alkanes) is 11. The van der Waals surface area contributed by atoms with E-state index < -0.39 is 0 Å². The number of benzene rings is 2. The normalized spacial score (nSPS) is 10.6. The lowest BCUT2D eigenvalue weighted by molar-refractivity contribution is -0.689. The van der Waals surface area contributed by atoms with Crippen molar-refractivity contribution in [3.8, 4) is 11.5 Å². The largest absolute Gasteiger partial charge is 1.00 e. The smallest absolute Gasteiger partial charge is 0.323 e. The highest BCUT2D eigenvalue weighted by molar-refractivity contribution is 7.07. The van der Waals surface area contributed by atoms with Crippen LogP contribution in [0.4, 0.5) is 16.2 Å². The number of aromatic nitrogens is 1. The Bertz CT molecular complexity index is 1150. The lowest BCUT2D eigenvalue weighted by Gasteiger charge is -2.16. The van der Waals surface area contributed by atoms with Gasteiger partial charge in [0, 0.05) is 18.2 Å². The third-order valence-corrected chi connectivity index (χ3v) is 7.96. The summed E-state index contributed by atoms with van der Waals surface area (Å²) in [6.45, 7) is 5.72. The quantitative estimate of drug-likeness (QED) is 0.122. The number of carbonyl (C=O) groups excluding carboxylic acids is 1. The Morgan fingerprint density at radius 3 is 2.17 bits per heavy atom. The maximum atomic E-state index is 12.9. The van der Waals surface area contributed by atoms with Gasteiger partial charge in [-0.25, -0.2) is 4.79 Å². The van der Waals surface area contributed by atoms with Gasteiger partial charge in [-0.2, -0.15) is 4.57 Å². The van der Waals surface area contributed by atoms with Crippen molar-refractivity contribution in [3.63, 3.8) is 0 Å². The molecule has 3 rings (SSSR count). The molecule has 0 aliphatic heterocycles. The van der Waals surface area contributed by atoms with E-state index in [0.717, 1.165) is 30.6 Å². The Morgan fingerprint density at radius 2 is 1.54 bits per heavy atom. The van der Waals surface area contributed by atoms with Crippen molar-refractivity contribution in [1.29, 1.82) is 0 Å². The molecule has 8 heteroatoms. The number of carbonyl (C=O) groups is 1. The van der Waals surface area contributed by atoms with Crippen molar-refractivity contribution >= 4 is 28.7 Å². The number of amides is 2. The molecule has 0 fully saturated rings. The van der Waals surface area contributed by atoms with Gasteiger partial charge in [0.25, 0.3) is 0 Å². The summed E-state index contributed by atoms with van der Waals surface area (Å²) in [5.41, 5.74) is 5.78. The average molecular weight is 647 g/mol. The van der Waals surface area contributed by atoms with Crippen LogP contribution in [0, 0.1) is 6.92 Å². The Hall–Kier alpha value is -2.58. The van der Waals surface area contributed by atoms with Gasteiger partial charge >= 0.3 is 6.03 Å². The number of methoxy groups -OCH3 is 1. The fraction of sp³-hybridized carbons (Fsp3) is 0.515. The predicted molar refractivity (Wildman–Crippen MR) is 167 cm³/mol.